The van der Waals surface area contributed by atoms with Crippen LogP contribution >= 0.6 is 0 Å². The number of amides is 3. The van der Waals surface area contributed by atoms with E-state index in [1.165, 1.54) is 7.11 Å². The molecule has 7 nitrogen and oxygen atoms in total. The van der Waals surface area contributed by atoms with Gasteiger partial charge in [-0.25, -0.2) is 0 Å². The average Bonchev–Trinajstić information content (AvgIpc) is 2.86. The summed E-state index contributed by atoms with van der Waals surface area (Å²) in [5.74, 6) is -0.347. The fourth-order valence-corrected chi connectivity index (χ4v) is 2.68. The van der Waals surface area contributed by atoms with Gasteiger partial charge in [-0.15, -0.1) is 0 Å². The molecule has 0 spiro atoms. The van der Waals surface area contributed by atoms with Gasteiger partial charge in [0.15, 0.2) is 0 Å². The van der Waals surface area contributed by atoms with Crippen LogP contribution in [0.25, 0.3) is 0 Å². The largest absolute Gasteiger partial charge is 0.375 e. The second-order valence-corrected chi connectivity index (χ2v) is 5.31. The topological polar surface area (TPSA) is 87.7 Å². The van der Waals surface area contributed by atoms with E-state index in [4.69, 9.17) is 4.74 Å². The zero-order valence-electron chi connectivity index (χ0n) is 11.7. The summed E-state index contributed by atoms with van der Waals surface area (Å²) >= 11 is 0. The minimum absolute atomic E-state index is 0.0463. The molecule has 0 radical (unpaired) electrons. The van der Waals surface area contributed by atoms with Gasteiger partial charge in [-0.1, -0.05) is 0 Å². The van der Waals surface area contributed by atoms with Crippen molar-refractivity contribution in [3.05, 3.63) is 0 Å². The summed E-state index contributed by atoms with van der Waals surface area (Å²) < 4.78 is 4.77. The van der Waals surface area contributed by atoms with Crippen molar-refractivity contribution < 1.29 is 19.1 Å². The van der Waals surface area contributed by atoms with Crippen LogP contribution in [-0.2, 0) is 19.1 Å². The lowest BCUT2D eigenvalue weighted by Gasteiger charge is -2.33. The molecule has 7 heteroatoms. The average molecular weight is 283 g/mol. The fourth-order valence-electron chi connectivity index (χ4n) is 2.68. The van der Waals surface area contributed by atoms with Crippen molar-refractivity contribution in [1.82, 2.24) is 15.5 Å². The monoisotopic (exact) mass is 283 g/mol. The number of carbonyl (C=O) groups excluding carboxylic acids is 3. The SMILES string of the molecule is COCC(=O)NC1CCN(C(=O)C2CNC(=O)C2)CC1. The maximum Gasteiger partial charge on any atom is 0.246 e. The van der Waals surface area contributed by atoms with Gasteiger partial charge in [-0.2, -0.15) is 0 Å². The van der Waals surface area contributed by atoms with E-state index < -0.39 is 0 Å². The summed E-state index contributed by atoms with van der Waals surface area (Å²) in [6.45, 7) is 1.76. The molecule has 0 aromatic rings. The normalized spacial score (nSPS) is 23.6. The van der Waals surface area contributed by atoms with Crippen molar-refractivity contribution in [3.63, 3.8) is 0 Å². The summed E-state index contributed by atoms with van der Waals surface area (Å²) in [6.07, 6.45) is 1.79. The minimum Gasteiger partial charge on any atom is -0.375 e. The van der Waals surface area contributed by atoms with Gasteiger partial charge in [-0.05, 0) is 12.8 Å². The van der Waals surface area contributed by atoms with Crippen LogP contribution in [0.5, 0.6) is 0 Å². The maximum atomic E-state index is 12.2. The maximum absolute atomic E-state index is 12.2. The van der Waals surface area contributed by atoms with Crippen LogP contribution in [0.3, 0.4) is 0 Å². The van der Waals surface area contributed by atoms with Gasteiger partial charge in [-0.3, -0.25) is 14.4 Å². The number of nitrogens with one attached hydrogen (secondary N) is 2. The Hall–Kier alpha value is -1.63. The Morgan fingerprint density at radius 3 is 2.65 bits per heavy atom. The van der Waals surface area contributed by atoms with E-state index in [0.717, 1.165) is 12.8 Å². The minimum atomic E-state index is -0.220. The Morgan fingerprint density at radius 1 is 1.40 bits per heavy atom. The molecule has 3 amide bonds. The number of carbonyl (C=O) groups is 3. The van der Waals surface area contributed by atoms with Gasteiger partial charge in [0, 0.05) is 39.2 Å². The Kier molecular flexibility index (Phi) is 4.94. The first-order chi connectivity index (χ1) is 9.60. The van der Waals surface area contributed by atoms with Crippen molar-refractivity contribution in [2.75, 3.05) is 33.4 Å². The number of likely N-dealkylation sites (tertiary alicyclic amines) is 1. The summed E-state index contributed by atoms with van der Waals surface area (Å²) in [5, 5.41) is 5.57. The number of nitrogens with zero attached hydrogens (tertiary/aromatic N) is 1. The molecule has 1 unspecified atom stereocenters. The summed E-state index contributed by atoms with van der Waals surface area (Å²) in [6, 6.07) is 0.102. The van der Waals surface area contributed by atoms with Gasteiger partial charge in [0.25, 0.3) is 0 Å². The standard InChI is InChI=1S/C13H21N3O4/c1-20-8-12(18)15-10-2-4-16(5-3-10)13(19)9-6-11(17)14-7-9/h9-10H,2-8H2,1H3,(H,14,17)(H,15,18). The second-order valence-electron chi connectivity index (χ2n) is 5.31. The van der Waals surface area contributed by atoms with Gasteiger partial charge < -0.3 is 20.3 Å². The molecule has 2 aliphatic rings. The number of rotatable bonds is 4. The first-order valence-electron chi connectivity index (χ1n) is 6.94. The number of ether oxygens (including phenoxy) is 1. The van der Waals surface area contributed by atoms with Crippen LogP contribution in [0.1, 0.15) is 19.3 Å². The summed E-state index contributed by atoms with van der Waals surface area (Å²) in [5.41, 5.74) is 0. The quantitative estimate of drug-likeness (QED) is 0.684. The summed E-state index contributed by atoms with van der Waals surface area (Å²) in [7, 11) is 1.48. The summed E-state index contributed by atoms with van der Waals surface area (Å²) in [4.78, 5) is 36.5. The van der Waals surface area contributed by atoms with Gasteiger partial charge in [0.2, 0.25) is 17.7 Å². The zero-order chi connectivity index (χ0) is 14.5. The Morgan fingerprint density at radius 2 is 2.10 bits per heavy atom. The third-order valence-corrected chi connectivity index (χ3v) is 3.77. The lowest BCUT2D eigenvalue weighted by atomic mass is 10.0. The Bertz CT molecular complexity index is 391. The third kappa shape index (κ3) is 3.69. The number of hydrogen-bond donors (Lipinski definition) is 2. The van der Waals surface area contributed by atoms with E-state index in [1.807, 2.05) is 0 Å². The van der Waals surface area contributed by atoms with Crippen LogP contribution in [0.2, 0.25) is 0 Å². The van der Waals surface area contributed by atoms with Gasteiger partial charge in [0.05, 0.1) is 5.92 Å². The van der Waals surface area contributed by atoms with Crippen molar-refractivity contribution in [2.45, 2.75) is 25.3 Å². The molecule has 0 aromatic carbocycles. The predicted octanol–water partition coefficient (Wildman–Crippen LogP) is -1.12. The van der Waals surface area contributed by atoms with E-state index >= 15 is 0 Å². The van der Waals surface area contributed by atoms with Crippen LogP contribution in [-0.4, -0.2) is 62.0 Å². The molecule has 2 fully saturated rings. The van der Waals surface area contributed by atoms with Crippen molar-refractivity contribution in [1.29, 1.82) is 0 Å². The second kappa shape index (κ2) is 6.69. The van der Waals surface area contributed by atoms with E-state index in [-0.39, 0.29) is 36.3 Å². The molecule has 0 saturated carbocycles. The highest BCUT2D eigenvalue weighted by atomic mass is 16.5. The molecule has 2 rings (SSSR count). The van der Waals surface area contributed by atoms with Crippen LogP contribution in [0.4, 0.5) is 0 Å². The molecule has 112 valence electrons. The first kappa shape index (κ1) is 14.8. The number of methoxy groups -OCH3 is 1. The molecular formula is C13H21N3O4. The Balaban J connectivity index is 1.75. The van der Waals surface area contributed by atoms with E-state index in [1.54, 1.807) is 4.90 Å². The van der Waals surface area contributed by atoms with E-state index in [0.29, 0.717) is 26.1 Å². The van der Waals surface area contributed by atoms with Gasteiger partial charge in [0.1, 0.15) is 6.61 Å². The molecule has 1 atom stereocenters. The predicted molar refractivity (Wildman–Crippen MR) is 70.7 cm³/mol. The molecule has 2 saturated heterocycles. The molecule has 2 N–H and O–H groups in total. The van der Waals surface area contributed by atoms with E-state index in [9.17, 15) is 14.4 Å². The highest BCUT2D eigenvalue weighted by molar-refractivity contribution is 5.89. The highest BCUT2D eigenvalue weighted by Gasteiger charge is 2.33. The fraction of sp³-hybridized carbons (Fsp3) is 0.769. The lowest BCUT2D eigenvalue weighted by molar-refractivity contribution is -0.137. The molecule has 0 aromatic heterocycles. The lowest BCUT2D eigenvalue weighted by Crippen LogP contribution is -2.48. The molecular weight excluding hydrogens is 262 g/mol. The Labute approximate surface area is 118 Å². The van der Waals surface area contributed by atoms with Crippen molar-refractivity contribution in [2.24, 2.45) is 5.92 Å². The molecule has 0 aliphatic carbocycles. The smallest absolute Gasteiger partial charge is 0.246 e. The highest BCUT2D eigenvalue weighted by Crippen LogP contribution is 2.17. The molecule has 2 aliphatic heterocycles. The number of piperidine rings is 1. The van der Waals surface area contributed by atoms with Crippen molar-refractivity contribution in [3.8, 4) is 0 Å². The zero-order valence-corrected chi connectivity index (χ0v) is 11.7. The third-order valence-electron chi connectivity index (χ3n) is 3.77. The molecule has 0 bridgehead atoms. The van der Waals surface area contributed by atoms with E-state index in [2.05, 4.69) is 10.6 Å². The molecule has 2 heterocycles. The van der Waals surface area contributed by atoms with Crippen LogP contribution in [0.15, 0.2) is 0 Å². The number of hydrogen-bond acceptors (Lipinski definition) is 4. The van der Waals surface area contributed by atoms with Crippen LogP contribution in [0, 0.1) is 5.92 Å². The van der Waals surface area contributed by atoms with Crippen molar-refractivity contribution >= 4 is 17.7 Å². The van der Waals surface area contributed by atoms with Crippen LogP contribution < -0.4 is 10.6 Å². The van der Waals surface area contributed by atoms with Gasteiger partial charge >= 0.3 is 0 Å². The first-order valence-corrected chi connectivity index (χ1v) is 6.94. The molecule has 20 heavy (non-hydrogen) atoms.